The van der Waals surface area contributed by atoms with Crippen molar-refractivity contribution < 1.29 is 0 Å². The molecule has 0 spiro atoms. The van der Waals surface area contributed by atoms with E-state index in [2.05, 4.69) is 25.7 Å². The van der Waals surface area contributed by atoms with Gasteiger partial charge in [0.05, 0.1) is 8.41 Å². The predicted molar refractivity (Wildman–Crippen MR) is 57.3 cm³/mol. The summed E-state index contributed by atoms with van der Waals surface area (Å²) in [6, 6.07) is 0. The topological polar surface area (TPSA) is 3.24 Å². The molecule has 0 aromatic rings. The summed E-state index contributed by atoms with van der Waals surface area (Å²) < 4.78 is 0. The van der Waals surface area contributed by atoms with Gasteiger partial charge in [0.2, 0.25) is 0 Å². The van der Waals surface area contributed by atoms with Crippen LogP contribution in [0.3, 0.4) is 0 Å². The first-order valence-corrected chi connectivity index (χ1v) is 4.57. The highest BCUT2D eigenvalue weighted by Gasteiger charge is 1.98. The molecule has 0 N–H and O–H groups in total. The molecule has 0 aliphatic heterocycles. The van der Waals surface area contributed by atoms with Crippen molar-refractivity contribution in [3.63, 3.8) is 0 Å². The Bertz CT molecular complexity index is 52.3. The zero-order valence-electron chi connectivity index (χ0n) is 7.69. The Morgan fingerprint density at radius 1 is 0.727 bits per heavy atom. The molecule has 68 valence electrons. The van der Waals surface area contributed by atoms with Crippen LogP contribution in [0.25, 0.3) is 0 Å². The fraction of sp³-hybridized carbons (Fsp3) is 1.00. The van der Waals surface area contributed by atoms with Crippen LogP contribution >= 0.6 is 0 Å². The Morgan fingerprint density at radius 2 is 1.00 bits per heavy atom. The zero-order valence-corrected chi connectivity index (χ0v) is 7.69. The molecule has 2 heteroatoms. The summed E-state index contributed by atoms with van der Waals surface area (Å²) in [6.45, 7) is 10.6. The van der Waals surface area contributed by atoms with Crippen LogP contribution in [0.2, 0.25) is 0 Å². The van der Waals surface area contributed by atoms with E-state index in [4.69, 9.17) is 0 Å². The molecule has 0 unspecified atom stereocenters. The van der Waals surface area contributed by atoms with E-state index in [1.165, 1.54) is 38.9 Å². The van der Waals surface area contributed by atoms with Crippen molar-refractivity contribution in [2.45, 2.75) is 40.0 Å². The van der Waals surface area contributed by atoms with E-state index in [1.807, 2.05) is 0 Å². The summed E-state index contributed by atoms with van der Waals surface area (Å²) in [6.07, 6.45) is 3.88. The largest absolute Gasteiger partial charge is 0.303 e. The van der Waals surface area contributed by atoms with E-state index < -0.39 is 0 Å². The maximum atomic E-state index is 2.54. The van der Waals surface area contributed by atoms with Gasteiger partial charge in [0.1, 0.15) is 0 Å². The molecule has 0 saturated carbocycles. The summed E-state index contributed by atoms with van der Waals surface area (Å²) in [7, 11) is 0. The fourth-order valence-corrected chi connectivity index (χ4v) is 1.28. The quantitative estimate of drug-likeness (QED) is 0.526. The molecule has 0 atom stereocenters. The molecule has 0 rings (SSSR count). The predicted octanol–water partition coefficient (Wildman–Crippen LogP) is 1.33. The lowest BCUT2D eigenvalue weighted by atomic mass is 10.3. The van der Waals surface area contributed by atoms with E-state index in [1.54, 1.807) is 0 Å². The Labute approximate surface area is 73.7 Å². The number of nitrogens with zero attached hydrogens (tertiary/aromatic N) is 1. The Balaban J connectivity index is 0. The van der Waals surface area contributed by atoms with Crippen LogP contribution in [0.4, 0.5) is 0 Å². The normalized spacial score (nSPS) is 9.82. The van der Waals surface area contributed by atoms with Crippen LogP contribution < -0.4 is 0 Å². The van der Waals surface area contributed by atoms with E-state index in [9.17, 15) is 0 Å². The number of hydrogen-bond donors (Lipinski definition) is 0. The monoisotopic (exact) mass is 157 g/mol. The SMILES string of the molecule is B.CCCN(CCC)CCC. The van der Waals surface area contributed by atoms with Gasteiger partial charge in [0.15, 0.2) is 0 Å². The van der Waals surface area contributed by atoms with Crippen molar-refractivity contribution in [2.24, 2.45) is 0 Å². The van der Waals surface area contributed by atoms with Gasteiger partial charge in [-0.25, -0.2) is 0 Å². The van der Waals surface area contributed by atoms with E-state index in [0.29, 0.717) is 0 Å². The van der Waals surface area contributed by atoms with Crippen LogP contribution in [0.5, 0.6) is 0 Å². The number of hydrogen-bond acceptors (Lipinski definition) is 1. The minimum atomic E-state index is 0. The van der Waals surface area contributed by atoms with Crippen LogP contribution in [0.1, 0.15) is 40.0 Å². The first-order chi connectivity index (χ1) is 4.85. The molecule has 0 heterocycles. The van der Waals surface area contributed by atoms with Crippen LogP contribution in [-0.2, 0) is 0 Å². The average Bonchev–Trinajstić information content (AvgIpc) is 1.90. The van der Waals surface area contributed by atoms with Gasteiger partial charge in [-0.3, -0.25) is 0 Å². The van der Waals surface area contributed by atoms with Crippen molar-refractivity contribution >= 4 is 8.41 Å². The lowest BCUT2D eigenvalue weighted by molar-refractivity contribution is 0.275. The lowest BCUT2D eigenvalue weighted by Crippen LogP contribution is -2.25. The highest BCUT2D eigenvalue weighted by atomic mass is 15.1. The first kappa shape index (κ1) is 13.6. The third-order valence-corrected chi connectivity index (χ3v) is 1.62. The maximum Gasteiger partial charge on any atom is 0.0814 e. The van der Waals surface area contributed by atoms with Gasteiger partial charge in [-0.1, -0.05) is 20.8 Å². The Morgan fingerprint density at radius 3 is 1.18 bits per heavy atom. The standard InChI is InChI=1S/C9H21N.BH3/c1-4-7-10(8-5-2)9-6-3;/h4-9H2,1-3H3;1H3. The molecule has 0 fully saturated rings. The van der Waals surface area contributed by atoms with Crippen molar-refractivity contribution in [1.82, 2.24) is 4.90 Å². The van der Waals surface area contributed by atoms with Crippen molar-refractivity contribution in [3.8, 4) is 0 Å². The van der Waals surface area contributed by atoms with Crippen molar-refractivity contribution in [2.75, 3.05) is 19.6 Å². The van der Waals surface area contributed by atoms with Gasteiger partial charge in [-0.2, -0.15) is 0 Å². The summed E-state index contributed by atoms with van der Waals surface area (Å²) >= 11 is 0. The molecule has 0 radical (unpaired) electrons. The molecule has 0 aliphatic rings. The molecule has 0 aromatic carbocycles. The number of rotatable bonds is 6. The summed E-state index contributed by atoms with van der Waals surface area (Å²) in [5.41, 5.74) is 0. The van der Waals surface area contributed by atoms with E-state index in [0.717, 1.165) is 0 Å². The van der Waals surface area contributed by atoms with Gasteiger partial charge in [0.25, 0.3) is 0 Å². The summed E-state index contributed by atoms with van der Waals surface area (Å²) in [4.78, 5) is 2.54. The minimum Gasteiger partial charge on any atom is -0.303 e. The second kappa shape index (κ2) is 10.0. The molecular formula is C9H24BN. The second-order valence-electron chi connectivity index (χ2n) is 2.84. The van der Waals surface area contributed by atoms with Gasteiger partial charge < -0.3 is 4.90 Å². The van der Waals surface area contributed by atoms with Gasteiger partial charge >= 0.3 is 0 Å². The highest BCUT2D eigenvalue weighted by molar-refractivity contribution is 5.75. The van der Waals surface area contributed by atoms with E-state index >= 15 is 0 Å². The van der Waals surface area contributed by atoms with Crippen molar-refractivity contribution in [1.29, 1.82) is 0 Å². The van der Waals surface area contributed by atoms with Gasteiger partial charge in [-0.15, -0.1) is 0 Å². The van der Waals surface area contributed by atoms with Gasteiger partial charge in [-0.05, 0) is 38.9 Å². The van der Waals surface area contributed by atoms with E-state index in [-0.39, 0.29) is 8.41 Å². The minimum absolute atomic E-state index is 0. The van der Waals surface area contributed by atoms with Crippen LogP contribution in [0.15, 0.2) is 0 Å². The molecule has 1 nitrogen and oxygen atoms in total. The summed E-state index contributed by atoms with van der Waals surface area (Å²) in [5.74, 6) is 0. The average molecular weight is 157 g/mol. The fourth-order valence-electron chi connectivity index (χ4n) is 1.28. The Kier molecular flexibility index (Phi) is 12.4. The molecule has 0 aromatic heterocycles. The van der Waals surface area contributed by atoms with Crippen molar-refractivity contribution in [3.05, 3.63) is 0 Å². The molecule has 0 aliphatic carbocycles. The third kappa shape index (κ3) is 7.93. The van der Waals surface area contributed by atoms with Crippen LogP contribution in [0, 0.1) is 0 Å². The lowest BCUT2D eigenvalue weighted by Gasteiger charge is -2.19. The smallest absolute Gasteiger partial charge is 0.0814 e. The summed E-state index contributed by atoms with van der Waals surface area (Å²) in [5, 5.41) is 0. The molecule has 11 heavy (non-hydrogen) atoms. The maximum absolute atomic E-state index is 2.54. The first-order valence-electron chi connectivity index (χ1n) is 4.57. The zero-order chi connectivity index (χ0) is 7.82. The molecular weight excluding hydrogens is 133 g/mol. The highest BCUT2D eigenvalue weighted by Crippen LogP contribution is 1.94. The molecule has 0 saturated heterocycles. The molecule has 0 bridgehead atoms. The second-order valence-corrected chi connectivity index (χ2v) is 2.84. The van der Waals surface area contributed by atoms with Crippen LogP contribution in [-0.4, -0.2) is 32.9 Å². The Hall–Kier alpha value is 0.0249. The molecule has 0 amide bonds. The third-order valence-electron chi connectivity index (χ3n) is 1.62. The van der Waals surface area contributed by atoms with Gasteiger partial charge in [0, 0.05) is 0 Å².